The average molecular weight is 726 g/mol. The lowest BCUT2D eigenvalue weighted by Crippen LogP contribution is -2.31. The van der Waals surface area contributed by atoms with Crippen molar-refractivity contribution in [3.05, 3.63) is 134 Å². The Kier molecular flexibility index (Phi) is 33.8. The maximum absolute atomic E-state index is 6.63. The summed E-state index contributed by atoms with van der Waals surface area (Å²) in [6.07, 6.45) is 71.4. The van der Waals surface area contributed by atoms with Crippen molar-refractivity contribution in [2.45, 2.75) is 154 Å². The highest BCUT2D eigenvalue weighted by Gasteiger charge is 2.40. The van der Waals surface area contributed by atoms with E-state index in [0.29, 0.717) is 0 Å². The third kappa shape index (κ3) is 32.2. The minimum absolute atomic E-state index is 0.203. The number of hydrogen-bond donors (Lipinski definition) is 0. The van der Waals surface area contributed by atoms with Crippen LogP contribution in [0, 0.1) is 0 Å². The first-order chi connectivity index (χ1) is 26.1. The van der Waals surface area contributed by atoms with Crippen molar-refractivity contribution in [3.63, 3.8) is 0 Å². The van der Waals surface area contributed by atoms with E-state index in [4.69, 9.17) is 9.47 Å². The number of ether oxygens (including phenoxy) is 2. The van der Waals surface area contributed by atoms with Gasteiger partial charge in [-0.05, 0) is 130 Å². The van der Waals surface area contributed by atoms with Crippen LogP contribution in [-0.4, -0.2) is 44.0 Å². The molecule has 1 heterocycles. The highest BCUT2D eigenvalue weighted by Crippen LogP contribution is 2.35. The number of allylic oxidation sites excluding steroid dienone is 22. The number of hydrogen-bond acceptors (Lipinski definition) is 3. The molecule has 0 saturated carbocycles. The summed E-state index contributed by atoms with van der Waals surface area (Å²) in [5.74, 6) is -0.417. The second kappa shape index (κ2) is 37.3. The fourth-order valence-corrected chi connectivity index (χ4v) is 5.85. The van der Waals surface area contributed by atoms with Crippen LogP contribution in [-0.2, 0) is 9.47 Å². The second-order valence-corrected chi connectivity index (χ2v) is 14.2. The molecule has 0 bridgehead atoms. The van der Waals surface area contributed by atoms with E-state index in [-0.39, 0.29) is 6.10 Å². The van der Waals surface area contributed by atoms with E-state index in [2.05, 4.69) is 167 Å². The molecule has 0 amide bonds. The number of unbranched alkanes of at least 4 members (excludes halogenated alkanes) is 4. The highest BCUT2D eigenvalue weighted by molar-refractivity contribution is 5.02. The van der Waals surface area contributed by atoms with Crippen LogP contribution in [0.3, 0.4) is 0 Å². The first kappa shape index (κ1) is 48.0. The molecule has 0 aromatic heterocycles. The van der Waals surface area contributed by atoms with Gasteiger partial charge in [0.1, 0.15) is 0 Å². The topological polar surface area (TPSA) is 21.7 Å². The minimum Gasteiger partial charge on any atom is -0.347 e. The molecule has 1 aliphatic rings. The van der Waals surface area contributed by atoms with E-state index in [1.54, 1.807) is 0 Å². The summed E-state index contributed by atoms with van der Waals surface area (Å²) in [6, 6.07) is 0. The summed E-state index contributed by atoms with van der Waals surface area (Å²) < 4.78 is 13.1. The third-order valence-electron chi connectivity index (χ3n) is 8.89. The van der Waals surface area contributed by atoms with Crippen molar-refractivity contribution in [3.8, 4) is 0 Å². The van der Waals surface area contributed by atoms with Gasteiger partial charge < -0.3 is 14.4 Å². The molecule has 2 unspecified atom stereocenters. The quantitative estimate of drug-likeness (QED) is 0.0497. The van der Waals surface area contributed by atoms with Gasteiger partial charge in [-0.1, -0.05) is 148 Å². The molecule has 0 aromatic carbocycles. The van der Waals surface area contributed by atoms with Crippen LogP contribution >= 0.6 is 0 Å². The molecule has 0 aliphatic carbocycles. The van der Waals surface area contributed by atoms with Crippen molar-refractivity contribution in [1.29, 1.82) is 0 Å². The van der Waals surface area contributed by atoms with Gasteiger partial charge in [-0.25, -0.2) is 0 Å². The van der Waals surface area contributed by atoms with Crippen LogP contribution in [0.25, 0.3) is 0 Å². The average Bonchev–Trinajstić information content (AvgIpc) is 3.57. The largest absolute Gasteiger partial charge is 0.347 e. The summed E-state index contributed by atoms with van der Waals surface area (Å²) >= 11 is 0. The summed E-state index contributed by atoms with van der Waals surface area (Å²) in [7, 11) is 4.26. The highest BCUT2D eigenvalue weighted by atomic mass is 16.7. The predicted octanol–water partition coefficient (Wildman–Crippen LogP) is 14.6. The van der Waals surface area contributed by atoms with E-state index in [1.165, 1.54) is 6.42 Å². The molecular weight excluding hydrogens is 647 g/mol. The lowest BCUT2D eigenvalue weighted by Gasteiger charge is -2.28. The molecule has 53 heavy (non-hydrogen) atoms. The number of rotatable bonds is 33. The smallest absolute Gasteiger partial charge is 0.168 e. The molecule has 3 heteroatoms. The van der Waals surface area contributed by atoms with Crippen molar-refractivity contribution >= 4 is 0 Å². The Bertz CT molecular complexity index is 1160. The Balaban J connectivity index is 2.26. The van der Waals surface area contributed by atoms with Gasteiger partial charge in [-0.15, -0.1) is 0 Å². The van der Waals surface area contributed by atoms with E-state index in [0.717, 1.165) is 135 Å². The Labute approximate surface area is 328 Å². The lowest BCUT2D eigenvalue weighted by molar-refractivity contribution is -0.179. The Morgan fingerprint density at radius 2 is 0.774 bits per heavy atom. The fourth-order valence-electron chi connectivity index (χ4n) is 5.85. The molecule has 1 rings (SSSR count). The van der Waals surface area contributed by atoms with Crippen LogP contribution in [0.15, 0.2) is 134 Å². The zero-order valence-electron chi connectivity index (χ0n) is 34.6. The summed E-state index contributed by atoms with van der Waals surface area (Å²) in [6.45, 7) is 6.10. The molecular formula is C50H79NO2. The normalized spacial score (nSPS) is 19.2. The molecule has 2 atom stereocenters. The molecule has 3 nitrogen and oxygen atoms in total. The molecule has 0 radical (unpaired) electrons. The molecule has 0 N–H and O–H groups in total. The van der Waals surface area contributed by atoms with Gasteiger partial charge in [-0.2, -0.15) is 0 Å². The van der Waals surface area contributed by atoms with Crippen molar-refractivity contribution in [2.75, 3.05) is 27.2 Å². The standard InChI is InChI=1S/C50H79NO2/c1-5-7-9-11-13-15-17-19-21-23-25-27-29-31-33-35-37-39-41-43-46-50(52-48-49(53-50)44-47-51(3)4)45-42-40-38-36-34-32-30-28-26-24-22-20-18-16-14-12-10-8-6-2/h7-10,13-16,19-22,25,27,30-33,36-39,49H,5-6,11-12,17-18,23-24,26,28-29,34-35,40-48H2,1-4H3/b9-7-,10-8-,15-13-,16-14-,21-19-,22-20-,27-25-,32-30-,33-31-,38-36-,39-37-. The van der Waals surface area contributed by atoms with Gasteiger partial charge in [-0.3, -0.25) is 0 Å². The van der Waals surface area contributed by atoms with Crippen molar-refractivity contribution in [1.82, 2.24) is 4.90 Å². The Morgan fingerprint density at radius 3 is 1.11 bits per heavy atom. The van der Waals surface area contributed by atoms with E-state index < -0.39 is 5.79 Å². The van der Waals surface area contributed by atoms with Crippen LogP contribution in [0.5, 0.6) is 0 Å². The lowest BCUT2D eigenvalue weighted by atomic mass is 10.0. The zero-order valence-corrected chi connectivity index (χ0v) is 34.6. The van der Waals surface area contributed by atoms with Crippen LogP contribution in [0.1, 0.15) is 142 Å². The van der Waals surface area contributed by atoms with E-state index >= 15 is 0 Å². The zero-order chi connectivity index (χ0) is 38.2. The number of nitrogens with zero attached hydrogens (tertiary/aromatic N) is 1. The molecule has 0 aromatic rings. The fraction of sp³-hybridized carbons (Fsp3) is 0.560. The molecule has 1 aliphatic heterocycles. The molecule has 1 fully saturated rings. The van der Waals surface area contributed by atoms with Gasteiger partial charge in [0.15, 0.2) is 5.79 Å². The SMILES string of the molecule is CC/C=C\C/C=C\C/C=C\C/C=C\C/C=C\C/C=C\CCCC1(CCC/C=C\C/C=C\CCC/C=C\C/C=C\C/C=C\CC)OCC(CCN(C)C)O1. The summed E-state index contributed by atoms with van der Waals surface area (Å²) in [5, 5.41) is 0. The van der Waals surface area contributed by atoms with Crippen molar-refractivity contribution < 1.29 is 9.47 Å². The summed E-state index contributed by atoms with van der Waals surface area (Å²) in [4.78, 5) is 2.23. The summed E-state index contributed by atoms with van der Waals surface area (Å²) in [5.41, 5.74) is 0. The molecule has 1 saturated heterocycles. The van der Waals surface area contributed by atoms with Gasteiger partial charge in [0, 0.05) is 19.4 Å². The monoisotopic (exact) mass is 726 g/mol. The first-order valence-corrected chi connectivity index (χ1v) is 21.2. The predicted molar refractivity (Wildman–Crippen MR) is 236 cm³/mol. The van der Waals surface area contributed by atoms with Gasteiger partial charge in [0.05, 0.1) is 12.7 Å². The van der Waals surface area contributed by atoms with Crippen LogP contribution < -0.4 is 0 Å². The minimum atomic E-state index is -0.417. The Morgan fingerprint density at radius 1 is 0.453 bits per heavy atom. The van der Waals surface area contributed by atoms with E-state index in [1.807, 2.05) is 0 Å². The second-order valence-electron chi connectivity index (χ2n) is 14.2. The Hall–Kier alpha value is -2.98. The molecule has 0 spiro atoms. The van der Waals surface area contributed by atoms with Gasteiger partial charge in [0.25, 0.3) is 0 Å². The van der Waals surface area contributed by atoms with Gasteiger partial charge in [0.2, 0.25) is 0 Å². The van der Waals surface area contributed by atoms with Crippen LogP contribution in [0.4, 0.5) is 0 Å². The van der Waals surface area contributed by atoms with E-state index in [9.17, 15) is 0 Å². The van der Waals surface area contributed by atoms with Gasteiger partial charge >= 0.3 is 0 Å². The van der Waals surface area contributed by atoms with Crippen LogP contribution in [0.2, 0.25) is 0 Å². The van der Waals surface area contributed by atoms with Crippen molar-refractivity contribution in [2.24, 2.45) is 0 Å². The molecule has 296 valence electrons. The maximum Gasteiger partial charge on any atom is 0.168 e. The third-order valence-corrected chi connectivity index (χ3v) is 8.89. The maximum atomic E-state index is 6.63. The first-order valence-electron chi connectivity index (χ1n) is 21.2.